The maximum absolute atomic E-state index is 12.9. The molecule has 1 atom stereocenters. The van der Waals surface area contributed by atoms with E-state index in [9.17, 15) is 4.79 Å². The number of hydrogen-bond acceptors (Lipinski definition) is 9. The Bertz CT molecular complexity index is 1260. The topological polar surface area (TPSA) is 118 Å². The molecule has 3 aromatic rings. The lowest BCUT2D eigenvalue weighted by Gasteiger charge is -2.47. The van der Waals surface area contributed by atoms with E-state index >= 15 is 0 Å². The lowest BCUT2D eigenvalue weighted by atomic mass is 9.97. The molecule has 2 saturated heterocycles. The maximum atomic E-state index is 12.9. The van der Waals surface area contributed by atoms with Gasteiger partial charge in [0.2, 0.25) is 5.89 Å². The van der Waals surface area contributed by atoms with Gasteiger partial charge in [-0.3, -0.25) is 9.69 Å². The number of piperazine rings is 1. The Balaban J connectivity index is 1.23. The number of rotatable bonds is 5. The molecule has 1 amide bonds. The summed E-state index contributed by atoms with van der Waals surface area (Å²) < 4.78 is 5.45. The van der Waals surface area contributed by atoms with Gasteiger partial charge in [0.25, 0.3) is 11.8 Å². The predicted molar refractivity (Wildman–Crippen MR) is 143 cm³/mol. The van der Waals surface area contributed by atoms with Crippen LogP contribution >= 0.6 is 23.2 Å². The second-order valence-corrected chi connectivity index (χ2v) is 10.3. The van der Waals surface area contributed by atoms with Crippen molar-refractivity contribution < 1.29 is 9.21 Å². The molecule has 2 aliphatic heterocycles. The highest BCUT2D eigenvalue weighted by Crippen LogP contribution is 2.32. The highest BCUT2D eigenvalue weighted by atomic mass is 35.5. The van der Waals surface area contributed by atoms with Gasteiger partial charge in [-0.05, 0) is 43.5 Å². The summed E-state index contributed by atoms with van der Waals surface area (Å²) in [6, 6.07) is 7.86. The average molecular weight is 545 g/mol. The monoisotopic (exact) mass is 544 g/mol. The van der Waals surface area contributed by atoms with Crippen LogP contribution < -0.4 is 10.6 Å². The number of carbonyl (C=O) groups is 1. The number of aromatic nitrogens is 4. The van der Waals surface area contributed by atoms with E-state index < -0.39 is 0 Å². The molecule has 1 aromatic carbocycles. The number of piperidine rings is 1. The molecule has 2 N–H and O–H groups in total. The number of anilines is 2. The summed E-state index contributed by atoms with van der Waals surface area (Å²) in [7, 11) is 0. The van der Waals surface area contributed by atoms with Crippen molar-refractivity contribution in [3.63, 3.8) is 0 Å². The molecule has 0 bridgehead atoms. The molecule has 196 valence electrons. The van der Waals surface area contributed by atoms with Crippen LogP contribution in [0.1, 0.15) is 42.4 Å². The van der Waals surface area contributed by atoms with Gasteiger partial charge in [0.15, 0.2) is 22.5 Å². The van der Waals surface area contributed by atoms with Crippen molar-refractivity contribution in [2.24, 2.45) is 0 Å². The summed E-state index contributed by atoms with van der Waals surface area (Å²) in [6.07, 6.45) is 2.88. The van der Waals surface area contributed by atoms with Gasteiger partial charge >= 0.3 is 0 Å². The highest BCUT2D eigenvalue weighted by molar-refractivity contribution is 6.32. The number of hydrogen-bond donors (Lipinski definition) is 1. The van der Waals surface area contributed by atoms with Crippen LogP contribution in [-0.4, -0.2) is 80.7 Å². The zero-order valence-corrected chi connectivity index (χ0v) is 22.4. The van der Waals surface area contributed by atoms with Crippen LogP contribution in [0.2, 0.25) is 10.2 Å². The van der Waals surface area contributed by atoms with Crippen molar-refractivity contribution in [3.8, 4) is 11.6 Å². The summed E-state index contributed by atoms with van der Waals surface area (Å²) in [5, 5.41) is 8.70. The van der Waals surface area contributed by atoms with Gasteiger partial charge in [-0.1, -0.05) is 30.1 Å². The molecule has 37 heavy (non-hydrogen) atoms. The van der Waals surface area contributed by atoms with Gasteiger partial charge in [-0.2, -0.15) is 0 Å². The normalized spacial score (nSPS) is 19.4. The van der Waals surface area contributed by atoms with E-state index in [2.05, 4.69) is 36.9 Å². The van der Waals surface area contributed by atoms with Gasteiger partial charge in [0, 0.05) is 62.3 Å². The lowest BCUT2D eigenvalue weighted by molar-refractivity contribution is 0.0491. The molecular weight excluding hydrogens is 515 g/mol. The van der Waals surface area contributed by atoms with Crippen molar-refractivity contribution in [1.29, 1.82) is 0 Å². The molecule has 0 spiro atoms. The van der Waals surface area contributed by atoms with Gasteiger partial charge in [-0.25, -0.2) is 9.97 Å². The molecule has 2 fully saturated rings. The number of nitrogens with zero attached hydrogens (tertiary/aromatic N) is 7. The third kappa shape index (κ3) is 5.37. The Hall–Kier alpha value is -2.95. The molecule has 5 rings (SSSR count). The molecule has 0 aliphatic carbocycles. The van der Waals surface area contributed by atoms with E-state index in [1.807, 2.05) is 4.90 Å². The van der Waals surface area contributed by atoms with Crippen molar-refractivity contribution in [2.75, 3.05) is 43.4 Å². The van der Waals surface area contributed by atoms with Gasteiger partial charge in [0.05, 0.1) is 0 Å². The van der Waals surface area contributed by atoms with E-state index in [1.54, 1.807) is 31.2 Å². The van der Waals surface area contributed by atoms with Gasteiger partial charge in [-0.15, -0.1) is 10.2 Å². The first-order valence-electron chi connectivity index (χ1n) is 12.5. The lowest BCUT2D eigenvalue weighted by Crippen LogP contribution is -2.58. The van der Waals surface area contributed by atoms with Crippen molar-refractivity contribution >= 4 is 40.7 Å². The van der Waals surface area contributed by atoms with Crippen LogP contribution in [-0.2, 0) is 0 Å². The third-order valence-electron chi connectivity index (χ3n) is 7.20. The molecule has 10 nitrogen and oxygen atoms in total. The third-order valence-corrected chi connectivity index (χ3v) is 7.71. The number of amides is 1. The van der Waals surface area contributed by atoms with Crippen LogP contribution in [0.15, 0.2) is 28.7 Å². The Morgan fingerprint density at radius 2 is 1.81 bits per heavy atom. The minimum Gasteiger partial charge on any atom is -0.420 e. The smallest absolute Gasteiger partial charge is 0.270 e. The molecule has 12 heteroatoms. The fourth-order valence-corrected chi connectivity index (χ4v) is 5.62. The van der Waals surface area contributed by atoms with Crippen LogP contribution in [0, 0.1) is 6.92 Å². The summed E-state index contributed by atoms with van der Waals surface area (Å²) in [5.74, 6) is 1.46. The number of nitrogens with two attached hydrogens (primary N) is 1. The molecule has 0 radical (unpaired) electrons. The minimum atomic E-state index is 0.0666. The van der Waals surface area contributed by atoms with E-state index in [0.29, 0.717) is 40.1 Å². The van der Waals surface area contributed by atoms with Crippen molar-refractivity contribution in [1.82, 2.24) is 30.0 Å². The Kier molecular flexibility index (Phi) is 7.50. The number of halogens is 2. The molecule has 0 saturated carbocycles. The second kappa shape index (κ2) is 10.8. The number of benzene rings is 1. The summed E-state index contributed by atoms with van der Waals surface area (Å²) in [6.45, 7) is 7.78. The van der Waals surface area contributed by atoms with Crippen LogP contribution in [0.4, 0.5) is 11.6 Å². The zero-order valence-electron chi connectivity index (χ0n) is 20.9. The standard InChI is InChI=1S/C25H30Cl2N8O2/c1-3-18-14-34(23-21(27)29-20(22(28)30-23)24-32-31-15(2)37-24)12-13-35(18)19-8-10-33(11-9-19)25(36)16-4-6-17(26)7-5-16/h4-7,18-19H,3,8-14H2,1-2H3,(H2,28,30)/t18-/m0/s1. The van der Waals surface area contributed by atoms with E-state index in [0.717, 1.165) is 52.0 Å². The molecule has 2 aromatic heterocycles. The minimum absolute atomic E-state index is 0.0666. The first-order valence-corrected chi connectivity index (χ1v) is 13.3. The second-order valence-electron chi connectivity index (χ2n) is 9.47. The fraction of sp³-hybridized carbons (Fsp3) is 0.480. The average Bonchev–Trinajstić information content (AvgIpc) is 3.35. The maximum Gasteiger partial charge on any atom is 0.270 e. The first kappa shape index (κ1) is 25.7. The Morgan fingerprint density at radius 1 is 1.08 bits per heavy atom. The zero-order chi connectivity index (χ0) is 26.1. The largest absolute Gasteiger partial charge is 0.420 e. The SMILES string of the molecule is CC[C@H]1CN(c2nc(N)c(-c3nnc(C)o3)nc2Cl)CCN1C1CCN(C(=O)c2ccc(Cl)cc2)CC1. The highest BCUT2D eigenvalue weighted by Gasteiger charge is 2.35. The Morgan fingerprint density at radius 3 is 2.46 bits per heavy atom. The van der Waals surface area contributed by atoms with Crippen molar-refractivity contribution in [3.05, 3.63) is 45.9 Å². The van der Waals surface area contributed by atoms with E-state index in [-0.39, 0.29) is 22.8 Å². The number of aryl methyl sites for hydroxylation is 1. The first-order chi connectivity index (χ1) is 17.8. The molecule has 2 aliphatic rings. The summed E-state index contributed by atoms with van der Waals surface area (Å²) in [5.41, 5.74) is 7.17. The number of nitrogen functional groups attached to an aromatic ring is 1. The number of likely N-dealkylation sites (tertiary alicyclic amines) is 1. The van der Waals surface area contributed by atoms with E-state index in [1.165, 1.54) is 0 Å². The predicted octanol–water partition coefficient (Wildman–Crippen LogP) is 3.93. The van der Waals surface area contributed by atoms with Crippen LogP contribution in [0.5, 0.6) is 0 Å². The van der Waals surface area contributed by atoms with Crippen molar-refractivity contribution in [2.45, 2.75) is 45.2 Å². The summed E-state index contributed by atoms with van der Waals surface area (Å²) in [4.78, 5) is 28.6. The summed E-state index contributed by atoms with van der Waals surface area (Å²) >= 11 is 12.5. The molecule has 4 heterocycles. The van der Waals surface area contributed by atoms with Crippen LogP contribution in [0.3, 0.4) is 0 Å². The van der Waals surface area contributed by atoms with E-state index in [4.69, 9.17) is 33.4 Å². The quantitative estimate of drug-likeness (QED) is 0.509. The number of carbonyl (C=O) groups excluding carboxylic acids is 1. The van der Waals surface area contributed by atoms with Crippen LogP contribution in [0.25, 0.3) is 11.6 Å². The Labute approximate surface area is 225 Å². The van der Waals surface area contributed by atoms with Gasteiger partial charge < -0.3 is 20.0 Å². The molecular formula is C25H30Cl2N8O2. The van der Waals surface area contributed by atoms with Gasteiger partial charge in [0.1, 0.15) is 0 Å². The molecule has 0 unspecified atom stereocenters. The fourth-order valence-electron chi connectivity index (χ4n) is 5.25.